The van der Waals surface area contributed by atoms with E-state index in [1.165, 1.54) is 0 Å². The number of carbonyl (C=O) groups excluding carboxylic acids is 3. The summed E-state index contributed by atoms with van der Waals surface area (Å²) >= 11 is 1.62. The molecular weight excluding hydrogens is 623 g/mol. The molecule has 2 bridgehead atoms. The number of thioether (sulfide) groups is 1. The quantitative estimate of drug-likeness (QED) is 0.224. The van der Waals surface area contributed by atoms with Crippen molar-refractivity contribution < 1.29 is 24.2 Å². The number of hydrogen-bond acceptors (Lipinski definition) is 6. The Labute approximate surface area is 287 Å². The molecule has 6 rings (SSSR count). The molecule has 8 nitrogen and oxygen atoms in total. The zero-order chi connectivity index (χ0) is 33.8. The maximum atomic E-state index is 15.0. The van der Waals surface area contributed by atoms with Crippen LogP contribution in [0.25, 0.3) is 0 Å². The zero-order valence-electron chi connectivity index (χ0n) is 27.3. The number of carbonyl (C=O) groups is 3. The van der Waals surface area contributed by atoms with E-state index in [-0.39, 0.29) is 36.1 Å². The highest BCUT2D eigenvalue weighted by Crippen LogP contribution is 2.67. The fraction of sp³-hybridized carbons (Fsp3) is 0.359. The number of nitrogens with zero attached hydrogens (tertiary/aromatic N) is 3. The van der Waals surface area contributed by atoms with Gasteiger partial charge in [-0.3, -0.25) is 14.4 Å². The molecule has 3 aliphatic heterocycles. The maximum Gasteiger partial charge on any atom is 0.247 e. The lowest BCUT2D eigenvalue weighted by atomic mass is 9.70. The van der Waals surface area contributed by atoms with Crippen molar-refractivity contribution in [3.05, 3.63) is 121 Å². The molecule has 250 valence electrons. The Morgan fingerprint density at radius 3 is 2.29 bits per heavy atom. The summed E-state index contributed by atoms with van der Waals surface area (Å²) in [5.74, 6) is -1.26. The average molecular weight is 666 g/mol. The van der Waals surface area contributed by atoms with E-state index in [4.69, 9.17) is 4.74 Å². The minimum atomic E-state index is -0.873. The van der Waals surface area contributed by atoms with E-state index in [1.54, 1.807) is 38.6 Å². The van der Waals surface area contributed by atoms with E-state index < -0.39 is 28.7 Å². The predicted molar refractivity (Wildman–Crippen MR) is 189 cm³/mol. The van der Waals surface area contributed by atoms with E-state index in [9.17, 15) is 19.5 Å². The lowest BCUT2D eigenvalue weighted by Crippen LogP contribution is -2.55. The van der Waals surface area contributed by atoms with Crippen molar-refractivity contribution >= 4 is 35.2 Å². The van der Waals surface area contributed by atoms with Crippen LogP contribution in [0.2, 0.25) is 0 Å². The molecule has 0 saturated carbocycles. The van der Waals surface area contributed by atoms with Gasteiger partial charge in [-0.05, 0) is 55.2 Å². The van der Waals surface area contributed by atoms with Crippen LogP contribution in [0.5, 0.6) is 5.75 Å². The van der Waals surface area contributed by atoms with Crippen LogP contribution in [0.1, 0.15) is 36.9 Å². The molecule has 48 heavy (non-hydrogen) atoms. The van der Waals surface area contributed by atoms with Crippen molar-refractivity contribution in [2.45, 2.75) is 48.4 Å². The van der Waals surface area contributed by atoms with Crippen LogP contribution in [-0.2, 0) is 20.9 Å². The van der Waals surface area contributed by atoms with Crippen molar-refractivity contribution in [2.24, 2.45) is 11.8 Å². The van der Waals surface area contributed by atoms with Gasteiger partial charge in [-0.2, -0.15) is 0 Å². The molecule has 3 saturated heterocycles. The summed E-state index contributed by atoms with van der Waals surface area (Å²) in [4.78, 5) is 49.7. The summed E-state index contributed by atoms with van der Waals surface area (Å²) in [7, 11) is 0. The molecular formula is C39H43N3O5S. The summed E-state index contributed by atoms with van der Waals surface area (Å²) < 4.78 is 4.80. The van der Waals surface area contributed by atoms with Gasteiger partial charge in [0.1, 0.15) is 11.8 Å². The second-order valence-electron chi connectivity index (χ2n) is 12.6. The number of ether oxygens (including phenoxy) is 1. The molecule has 0 radical (unpaired) electrons. The third-order valence-electron chi connectivity index (χ3n) is 9.86. The van der Waals surface area contributed by atoms with Crippen molar-refractivity contribution in [1.29, 1.82) is 0 Å². The van der Waals surface area contributed by atoms with Crippen LogP contribution in [-0.4, -0.2) is 75.0 Å². The minimum Gasteiger partial charge on any atom is -0.494 e. The standard InChI is InChI=1S/C39H43N3O5S/c1-4-23-40(25-27-13-9-7-10-14-27)38(46)35-39-22-21-32(48-39)33(34(39)37(45)42(35)31(26-43)28-15-11-8-12-16-28)36(44)41(24-5-2)29-17-19-30(20-18-29)47-6-3/h4-5,7-20,31-35,43H,1-2,6,21-26H2,3H3/t31-,32+,33-,34+,35?,39?/m1/s1. The molecule has 6 atom stereocenters. The largest absolute Gasteiger partial charge is 0.494 e. The molecule has 9 heteroatoms. The summed E-state index contributed by atoms with van der Waals surface area (Å²) in [6, 6.07) is 24.9. The van der Waals surface area contributed by atoms with Crippen molar-refractivity contribution in [1.82, 2.24) is 9.80 Å². The number of benzene rings is 3. The second kappa shape index (κ2) is 14.4. The van der Waals surface area contributed by atoms with Gasteiger partial charge in [0.2, 0.25) is 17.7 Å². The normalized spacial score (nSPS) is 24.5. The van der Waals surface area contributed by atoms with Crippen molar-refractivity contribution in [2.75, 3.05) is 31.2 Å². The first-order valence-corrected chi connectivity index (χ1v) is 17.5. The Bertz CT molecular complexity index is 1630. The Hall–Kier alpha value is -4.34. The molecule has 2 unspecified atom stereocenters. The molecule has 3 aromatic carbocycles. The van der Waals surface area contributed by atoms with Gasteiger partial charge < -0.3 is 24.5 Å². The van der Waals surface area contributed by atoms with Gasteiger partial charge in [0.15, 0.2) is 0 Å². The lowest BCUT2D eigenvalue weighted by molar-refractivity contribution is -0.146. The number of aliphatic hydroxyl groups is 1. The van der Waals surface area contributed by atoms with E-state index in [2.05, 4.69) is 13.2 Å². The van der Waals surface area contributed by atoms with Gasteiger partial charge in [0.05, 0.1) is 35.8 Å². The molecule has 3 aromatic rings. The van der Waals surface area contributed by atoms with Crippen LogP contribution < -0.4 is 9.64 Å². The summed E-state index contributed by atoms with van der Waals surface area (Å²) in [5, 5.41) is 10.7. The van der Waals surface area contributed by atoms with Gasteiger partial charge in [-0.15, -0.1) is 24.9 Å². The Morgan fingerprint density at radius 1 is 1.00 bits per heavy atom. The summed E-state index contributed by atoms with van der Waals surface area (Å²) in [6.07, 6.45) is 4.73. The van der Waals surface area contributed by atoms with Gasteiger partial charge in [0, 0.05) is 30.6 Å². The first-order chi connectivity index (χ1) is 23.4. The number of rotatable bonds is 14. The number of aliphatic hydroxyl groups excluding tert-OH is 1. The monoisotopic (exact) mass is 665 g/mol. The number of likely N-dealkylation sites (tertiary alicyclic amines) is 1. The Kier molecular flexibility index (Phi) is 10.1. The molecule has 1 N–H and O–H groups in total. The van der Waals surface area contributed by atoms with E-state index in [0.717, 1.165) is 11.1 Å². The number of hydrogen-bond donors (Lipinski definition) is 1. The highest BCUT2D eigenvalue weighted by Gasteiger charge is 2.74. The SMILES string of the molecule is C=CCN(Cc1ccccc1)C(=O)C1N([C@H](CO)c2ccccc2)C(=O)[C@@H]2[C@H](C(=O)N(CC=C)c3ccc(OCC)cc3)[C@@H]3CCC12S3. The van der Waals surface area contributed by atoms with Crippen LogP contribution >= 0.6 is 11.8 Å². The van der Waals surface area contributed by atoms with Crippen molar-refractivity contribution in [3.63, 3.8) is 0 Å². The highest BCUT2D eigenvalue weighted by molar-refractivity contribution is 8.02. The fourth-order valence-electron chi connectivity index (χ4n) is 7.90. The van der Waals surface area contributed by atoms with Gasteiger partial charge in [-0.25, -0.2) is 0 Å². The molecule has 0 aromatic heterocycles. The summed E-state index contributed by atoms with van der Waals surface area (Å²) in [5.41, 5.74) is 2.40. The number of amides is 3. The predicted octanol–water partition coefficient (Wildman–Crippen LogP) is 5.64. The molecule has 1 spiro atoms. The number of fused-ring (bicyclic) bond motifs is 1. The first kappa shape index (κ1) is 33.6. The molecule has 3 aliphatic rings. The molecule has 0 aliphatic carbocycles. The zero-order valence-corrected chi connectivity index (χ0v) is 28.1. The average Bonchev–Trinajstić information content (AvgIpc) is 3.76. The van der Waals surface area contributed by atoms with E-state index >= 15 is 0 Å². The highest BCUT2D eigenvalue weighted by atomic mass is 32.2. The van der Waals surface area contributed by atoms with E-state index in [0.29, 0.717) is 44.0 Å². The Morgan fingerprint density at radius 2 is 1.67 bits per heavy atom. The molecule has 3 fully saturated rings. The van der Waals surface area contributed by atoms with Gasteiger partial charge in [-0.1, -0.05) is 72.8 Å². The lowest BCUT2D eigenvalue weighted by Gasteiger charge is -2.40. The fourth-order valence-corrected chi connectivity index (χ4v) is 10.1. The smallest absolute Gasteiger partial charge is 0.247 e. The maximum absolute atomic E-state index is 15.0. The third kappa shape index (κ3) is 5.94. The molecule has 3 heterocycles. The van der Waals surface area contributed by atoms with E-state index in [1.807, 2.05) is 91.9 Å². The second-order valence-corrected chi connectivity index (χ2v) is 14.2. The topological polar surface area (TPSA) is 90.4 Å². The third-order valence-corrected chi connectivity index (χ3v) is 11.8. The van der Waals surface area contributed by atoms with Crippen LogP contribution in [0.15, 0.2) is 110 Å². The van der Waals surface area contributed by atoms with Gasteiger partial charge >= 0.3 is 0 Å². The van der Waals surface area contributed by atoms with Crippen LogP contribution in [0.3, 0.4) is 0 Å². The van der Waals surface area contributed by atoms with Crippen LogP contribution in [0.4, 0.5) is 5.69 Å². The van der Waals surface area contributed by atoms with Crippen molar-refractivity contribution in [3.8, 4) is 5.75 Å². The first-order valence-electron chi connectivity index (χ1n) is 16.6. The van der Waals surface area contributed by atoms with Gasteiger partial charge in [0.25, 0.3) is 0 Å². The Balaban J connectivity index is 1.42. The summed E-state index contributed by atoms with van der Waals surface area (Å²) in [6.45, 7) is 10.8. The minimum absolute atomic E-state index is 0.120. The molecule has 3 amide bonds. The number of anilines is 1. The van der Waals surface area contributed by atoms with Crippen LogP contribution in [0, 0.1) is 11.8 Å².